The molecule has 0 aliphatic heterocycles. The standard InChI is InChI=1S/C16H19ClN4O2S/c1-10(15(22)18-11-7-8-11)24-16-20-19-14(21(16)2)9-23-13-6-4-3-5-12(13)17/h3-6,10-11H,7-9H2,1-2H3,(H,18,22)/t10-/m1/s1. The van der Waals surface area contributed by atoms with Gasteiger partial charge >= 0.3 is 0 Å². The number of aromatic nitrogens is 3. The maximum atomic E-state index is 12.0. The number of hydrogen-bond acceptors (Lipinski definition) is 5. The van der Waals surface area contributed by atoms with Gasteiger partial charge in [0.15, 0.2) is 11.0 Å². The lowest BCUT2D eigenvalue weighted by Gasteiger charge is -2.11. The number of rotatable bonds is 7. The van der Waals surface area contributed by atoms with Crippen molar-refractivity contribution in [1.29, 1.82) is 0 Å². The molecule has 1 saturated carbocycles. The second kappa shape index (κ2) is 7.44. The summed E-state index contributed by atoms with van der Waals surface area (Å²) in [4.78, 5) is 12.0. The van der Waals surface area contributed by atoms with Crippen LogP contribution in [0.1, 0.15) is 25.6 Å². The van der Waals surface area contributed by atoms with Crippen LogP contribution < -0.4 is 10.1 Å². The van der Waals surface area contributed by atoms with Crippen LogP contribution in [0.15, 0.2) is 29.4 Å². The third kappa shape index (κ3) is 4.21. The quantitative estimate of drug-likeness (QED) is 0.763. The van der Waals surface area contributed by atoms with E-state index in [2.05, 4.69) is 15.5 Å². The normalized spacial score (nSPS) is 15.1. The summed E-state index contributed by atoms with van der Waals surface area (Å²) < 4.78 is 7.52. The van der Waals surface area contributed by atoms with Gasteiger partial charge in [0.1, 0.15) is 12.4 Å². The van der Waals surface area contributed by atoms with Crippen LogP contribution in [0.4, 0.5) is 0 Å². The molecule has 8 heteroatoms. The second-order valence-corrected chi connectivity index (χ2v) is 7.44. The van der Waals surface area contributed by atoms with Crippen LogP contribution in [0.2, 0.25) is 5.02 Å². The largest absolute Gasteiger partial charge is 0.484 e. The summed E-state index contributed by atoms with van der Waals surface area (Å²) in [6.07, 6.45) is 2.16. The molecule has 0 saturated heterocycles. The number of carbonyl (C=O) groups excluding carboxylic acids is 1. The van der Waals surface area contributed by atoms with E-state index in [0.717, 1.165) is 12.8 Å². The van der Waals surface area contributed by atoms with Crippen molar-refractivity contribution in [3.63, 3.8) is 0 Å². The molecule has 24 heavy (non-hydrogen) atoms. The molecular formula is C16H19ClN4O2S. The number of amides is 1. The molecule has 0 unspecified atom stereocenters. The summed E-state index contributed by atoms with van der Waals surface area (Å²) in [5.41, 5.74) is 0. The summed E-state index contributed by atoms with van der Waals surface area (Å²) in [6.45, 7) is 2.13. The first-order valence-electron chi connectivity index (χ1n) is 7.77. The molecule has 0 spiro atoms. The fourth-order valence-electron chi connectivity index (χ4n) is 2.04. The maximum absolute atomic E-state index is 12.0. The van der Waals surface area contributed by atoms with Crippen molar-refractivity contribution in [1.82, 2.24) is 20.1 Å². The van der Waals surface area contributed by atoms with Gasteiger partial charge in [0.25, 0.3) is 0 Å². The minimum atomic E-state index is -0.217. The van der Waals surface area contributed by atoms with Gasteiger partial charge in [-0.2, -0.15) is 0 Å². The average molecular weight is 367 g/mol. The highest BCUT2D eigenvalue weighted by atomic mass is 35.5. The van der Waals surface area contributed by atoms with Crippen molar-refractivity contribution < 1.29 is 9.53 Å². The first-order valence-corrected chi connectivity index (χ1v) is 9.03. The van der Waals surface area contributed by atoms with Crippen molar-refractivity contribution >= 4 is 29.3 Å². The number of hydrogen-bond donors (Lipinski definition) is 1. The molecule has 1 aliphatic carbocycles. The average Bonchev–Trinajstić information content (AvgIpc) is 3.31. The van der Waals surface area contributed by atoms with E-state index in [-0.39, 0.29) is 17.8 Å². The molecule has 1 aromatic carbocycles. The molecule has 1 N–H and O–H groups in total. The molecular weight excluding hydrogens is 348 g/mol. The summed E-state index contributed by atoms with van der Waals surface area (Å²) in [6, 6.07) is 7.65. The second-order valence-electron chi connectivity index (χ2n) is 5.72. The summed E-state index contributed by atoms with van der Waals surface area (Å²) in [7, 11) is 1.86. The Balaban J connectivity index is 1.58. The molecule has 6 nitrogen and oxygen atoms in total. The van der Waals surface area contributed by atoms with Gasteiger partial charge in [-0.25, -0.2) is 0 Å². The molecule has 0 bridgehead atoms. The Hall–Kier alpha value is -1.73. The highest BCUT2D eigenvalue weighted by Crippen LogP contribution is 2.26. The predicted octanol–water partition coefficient (Wildman–Crippen LogP) is 2.81. The van der Waals surface area contributed by atoms with E-state index in [4.69, 9.17) is 16.3 Å². The first kappa shape index (κ1) is 17.1. The lowest BCUT2D eigenvalue weighted by molar-refractivity contribution is -0.120. The van der Waals surface area contributed by atoms with Gasteiger partial charge in [0.2, 0.25) is 5.91 Å². The molecule has 1 heterocycles. The first-order chi connectivity index (χ1) is 11.5. The summed E-state index contributed by atoms with van der Waals surface area (Å²) in [5.74, 6) is 1.32. The third-order valence-electron chi connectivity index (χ3n) is 3.69. The van der Waals surface area contributed by atoms with E-state index in [9.17, 15) is 4.79 Å². The molecule has 1 amide bonds. The number of halogens is 1. The number of thioether (sulfide) groups is 1. The number of carbonyl (C=O) groups is 1. The van der Waals surface area contributed by atoms with Crippen LogP contribution in [-0.2, 0) is 18.4 Å². The lowest BCUT2D eigenvalue weighted by Crippen LogP contribution is -2.32. The predicted molar refractivity (Wildman–Crippen MR) is 93.3 cm³/mol. The number of nitrogens with one attached hydrogen (secondary N) is 1. The van der Waals surface area contributed by atoms with Gasteiger partial charge in [-0.1, -0.05) is 35.5 Å². The van der Waals surface area contributed by atoms with Crippen molar-refractivity contribution in [3.8, 4) is 5.75 Å². The zero-order valence-electron chi connectivity index (χ0n) is 13.5. The van der Waals surface area contributed by atoms with Crippen LogP contribution in [0.3, 0.4) is 0 Å². The number of para-hydroxylation sites is 1. The topological polar surface area (TPSA) is 69.0 Å². The van der Waals surface area contributed by atoms with Gasteiger partial charge in [-0.15, -0.1) is 10.2 Å². The molecule has 1 aromatic heterocycles. The minimum Gasteiger partial charge on any atom is -0.484 e. The zero-order chi connectivity index (χ0) is 17.1. The SMILES string of the molecule is C[C@@H](Sc1nnc(COc2ccccc2Cl)n1C)C(=O)NC1CC1. The van der Waals surface area contributed by atoms with Gasteiger partial charge in [0, 0.05) is 13.1 Å². The molecule has 0 radical (unpaired) electrons. The van der Waals surface area contributed by atoms with Crippen molar-refractivity contribution in [2.75, 3.05) is 0 Å². The Morgan fingerprint density at radius 1 is 1.46 bits per heavy atom. The minimum absolute atomic E-state index is 0.0411. The fraction of sp³-hybridized carbons (Fsp3) is 0.438. The van der Waals surface area contributed by atoms with E-state index in [0.29, 0.717) is 27.8 Å². The van der Waals surface area contributed by atoms with Crippen LogP contribution in [0, 0.1) is 0 Å². The summed E-state index contributed by atoms with van der Waals surface area (Å²) in [5, 5.41) is 12.3. The van der Waals surface area contributed by atoms with Crippen LogP contribution in [0.25, 0.3) is 0 Å². The third-order valence-corrected chi connectivity index (χ3v) is 5.14. The molecule has 1 aliphatic rings. The highest BCUT2D eigenvalue weighted by Gasteiger charge is 2.27. The molecule has 2 aromatic rings. The number of benzene rings is 1. The smallest absolute Gasteiger partial charge is 0.233 e. The Morgan fingerprint density at radius 2 is 2.21 bits per heavy atom. The fourth-order valence-corrected chi connectivity index (χ4v) is 3.07. The van der Waals surface area contributed by atoms with E-state index in [1.807, 2.05) is 30.7 Å². The van der Waals surface area contributed by atoms with Gasteiger partial charge < -0.3 is 14.6 Å². The Morgan fingerprint density at radius 3 is 2.92 bits per heavy atom. The number of ether oxygens (including phenoxy) is 1. The Labute approximate surface area is 149 Å². The molecule has 1 atom stereocenters. The van der Waals surface area contributed by atoms with E-state index >= 15 is 0 Å². The molecule has 1 fully saturated rings. The Bertz CT molecular complexity index is 733. The van der Waals surface area contributed by atoms with Gasteiger partial charge in [-0.05, 0) is 31.9 Å². The maximum Gasteiger partial charge on any atom is 0.233 e. The highest BCUT2D eigenvalue weighted by molar-refractivity contribution is 8.00. The van der Waals surface area contributed by atoms with E-state index in [1.165, 1.54) is 11.8 Å². The monoisotopic (exact) mass is 366 g/mol. The molecule has 3 rings (SSSR count). The zero-order valence-corrected chi connectivity index (χ0v) is 15.1. The number of nitrogens with zero attached hydrogens (tertiary/aromatic N) is 3. The van der Waals surface area contributed by atoms with E-state index in [1.54, 1.807) is 12.1 Å². The lowest BCUT2D eigenvalue weighted by atomic mass is 10.3. The molecule has 128 valence electrons. The summed E-state index contributed by atoms with van der Waals surface area (Å²) >= 11 is 7.46. The van der Waals surface area contributed by atoms with Crippen LogP contribution in [-0.4, -0.2) is 32.0 Å². The van der Waals surface area contributed by atoms with Crippen LogP contribution >= 0.6 is 23.4 Å². The van der Waals surface area contributed by atoms with Crippen molar-refractivity contribution in [3.05, 3.63) is 35.1 Å². The van der Waals surface area contributed by atoms with Crippen molar-refractivity contribution in [2.45, 2.75) is 42.8 Å². The Kier molecular flexibility index (Phi) is 5.30. The van der Waals surface area contributed by atoms with Crippen LogP contribution in [0.5, 0.6) is 5.75 Å². The van der Waals surface area contributed by atoms with Gasteiger partial charge in [0.05, 0.1) is 10.3 Å². The van der Waals surface area contributed by atoms with E-state index < -0.39 is 0 Å². The van der Waals surface area contributed by atoms with Crippen molar-refractivity contribution in [2.24, 2.45) is 7.05 Å². The van der Waals surface area contributed by atoms with Gasteiger partial charge in [-0.3, -0.25) is 4.79 Å².